The number of carbonyl (C=O) groups is 1. The van der Waals surface area contributed by atoms with Crippen LogP contribution in [0.5, 0.6) is 0 Å². The minimum Gasteiger partial charge on any atom is -0.478 e. The summed E-state index contributed by atoms with van der Waals surface area (Å²) in [6.45, 7) is 7.48. The Kier molecular flexibility index (Phi) is 5.86. The van der Waals surface area contributed by atoms with Crippen molar-refractivity contribution in [3.63, 3.8) is 0 Å². The van der Waals surface area contributed by atoms with Gasteiger partial charge in [0, 0.05) is 17.9 Å². The first-order chi connectivity index (χ1) is 9.35. The Morgan fingerprint density at radius 3 is 2.65 bits per heavy atom. The number of rotatable bonds is 8. The SMILES string of the molecule is CCCCCC(C)(C)CNc1ccc(N)c(C(=O)O)c1. The molecule has 4 heteroatoms. The number of unbranched alkanes of at least 4 members (excludes halogenated alkanes) is 2. The molecule has 0 fully saturated rings. The van der Waals surface area contributed by atoms with E-state index in [0.29, 0.717) is 5.69 Å². The van der Waals surface area contributed by atoms with E-state index in [4.69, 9.17) is 10.8 Å². The van der Waals surface area contributed by atoms with Crippen LogP contribution in [0.2, 0.25) is 0 Å². The molecule has 0 atom stereocenters. The Balaban J connectivity index is 2.61. The van der Waals surface area contributed by atoms with Gasteiger partial charge in [0.25, 0.3) is 0 Å². The standard InChI is InChI=1S/C16H26N2O2/c1-4-5-6-9-16(2,3)11-18-12-7-8-14(17)13(10-12)15(19)20/h7-8,10,18H,4-6,9,11,17H2,1-3H3,(H,19,20). The van der Waals surface area contributed by atoms with Crippen LogP contribution < -0.4 is 11.1 Å². The average Bonchev–Trinajstić information content (AvgIpc) is 2.37. The lowest BCUT2D eigenvalue weighted by atomic mass is 9.87. The Morgan fingerprint density at radius 2 is 2.05 bits per heavy atom. The molecule has 4 nitrogen and oxygen atoms in total. The fraction of sp³-hybridized carbons (Fsp3) is 0.562. The van der Waals surface area contributed by atoms with Crippen molar-refractivity contribution in [1.82, 2.24) is 0 Å². The smallest absolute Gasteiger partial charge is 0.337 e. The topological polar surface area (TPSA) is 75.3 Å². The number of anilines is 2. The monoisotopic (exact) mass is 278 g/mol. The normalized spacial score (nSPS) is 11.3. The number of nitrogen functional groups attached to an aromatic ring is 1. The second kappa shape index (κ2) is 7.17. The molecule has 1 rings (SSSR count). The number of aromatic carboxylic acids is 1. The fourth-order valence-electron chi connectivity index (χ4n) is 2.13. The lowest BCUT2D eigenvalue weighted by Gasteiger charge is -2.25. The summed E-state index contributed by atoms with van der Waals surface area (Å²) in [6.07, 6.45) is 4.87. The maximum Gasteiger partial charge on any atom is 0.337 e. The molecular formula is C16H26N2O2. The third-order valence-corrected chi connectivity index (χ3v) is 3.51. The summed E-state index contributed by atoms with van der Waals surface area (Å²) in [5.41, 5.74) is 7.09. The zero-order chi connectivity index (χ0) is 15.2. The number of nitrogens with one attached hydrogen (secondary N) is 1. The van der Waals surface area contributed by atoms with Gasteiger partial charge in [0.05, 0.1) is 5.56 Å². The summed E-state index contributed by atoms with van der Waals surface area (Å²) in [5, 5.41) is 12.4. The van der Waals surface area contributed by atoms with Gasteiger partial charge in [0.2, 0.25) is 0 Å². The number of nitrogens with two attached hydrogens (primary N) is 1. The van der Waals surface area contributed by atoms with E-state index in [1.54, 1.807) is 12.1 Å². The van der Waals surface area contributed by atoms with Crippen LogP contribution in [0, 0.1) is 5.41 Å². The van der Waals surface area contributed by atoms with Gasteiger partial charge in [-0.25, -0.2) is 4.79 Å². The summed E-state index contributed by atoms with van der Waals surface area (Å²) in [6, 6.07) is 5.06. The van der Waals surface area contributed by atoms with E-state index in [0.717, 1.165) is 18.7 Å². The average molecular weight is 278 g/mol. The Hall–Kier alpha value is -1.71. The van der Waals surface area contributed by atoms with Crippen molar-refractivity contribution in [2.45, 2.75) is 46.5 Å². The second-order valence-electron chi connectivity index (χ2n) is 6.08. The van der Waals surface area contributed by atoms with E-state index < -0.39 is 5.97 Å². The van der Waals surface area contributed by atoms with Crippen LogP contribution in [-0.2, 0) is 0 Å². The molecule has 0 bridgehead atoms. The van der Waals surface area contributed by atoms with Crippen LogP contribution in [0.25, 0.3) is 0 Å². The van der Waals surface area contributed by atoms with E-state index in [-0.39, 0.29) is 11.0 Å². The highest BCUT2D eigenvalue weighted by molar-refractivity contribution is 5.94. The van der Waals surface area contributed by atoms with Gasteiger partial charge >= 0.3 is 5.97 Å². The van der Waals surface area contributed by atoms with Crippen LogP contribution in [0.15, 0.2) is 18.2 Å². The number of carboxylic acids is 1. The molecular weight excluding hydrogens is 252 g/mol. The van der Waals surface area contributed by atoms with Gasteiger partial charge in [-0.05, 0) is 30.0 Å². The molecule has 0 aliphatic heterocycles. The maximum atomic E-state index is 11.0. The quantitative estimate of drug-likeness (QED) is 0.496. The van der Waals surface area contributed by atoms with E-state index in [2.05, 4.69) is 26.1 Å². The predicted molar refractivity (Wildman–Crippen MR) is 84.2 cm³/mol. The molecule has 0 amide bonds. The van der Waals surface area contributed by atoms with Crippen LogP contribution in [-0.4, -0.2) is 17.6 Å². The van der Waals surface area contributed by atoms with Gasteiger partial charge in [0.1, 0.15) is 0 Å². The third-order valence-electron chi connectivity index (χ3n) is 3.51. The lowest BCUT2D eigenvalue weighted by molar-refractivity contribution is 0.0698. The van der Waals surface area contributed by atoms with E-state index in [1.807, 2.05) is 6.07 Å². The van der Waals surface area contributed by atoms with Crippen LogP contribution >= 0.6 is 0 Å². The molecule has 0 unspecified atom stereocenters. The molecule has 112 valence electrons. The van der Waals surface area contributed by atoms with E-state index in [9.17, 15) is 4.79 Å². The second-order valence-corrected chi connectivity index (χ2v) is 6.08. The minimum atomic E-state index is -0.992. The number of hydrogen-bond donors (Lipinski definition) is 3. The molecule has 0 spiro atoms. The molecule has 4 N–H and O–H groups in total. The van der Waals surface area contributed by atoms with Gasteiger partial charge < -0.3 is 16.2 Å². The Labute approximate surface area is 121 Å². The fourth-order valence-corrected chi connectivity index (χ4v) is 2.13. The van der Waals surface area contributed by atoms with Gasteiger partial charge in [-0.2, -0.15) is 0 Å². The predicted octanol–water partition coefficient (Wildman–Crippen LogP) is 3.99. The van der Waals surface area contributed by atoms with Crippen molar-refractivity contribution in [3.05, 3.63) is 23.8 Å². The van der Waals surface area contributed by atoms with E-state index in [1.165, 1.54) is 19.3 Å². The lowest BCUT2D eigenvalue weighted by Crippen LogP contribution is -2.23. The zero-order valence-corrected chi connectivity index (χ0v) is 12.7. The highest BCUT2D eigenvalue weighted by Crippen LogP contribution is 2.25. The van der Waals surface area contributed by atoms with Crippen molar-refractivity contribution in [2.24, 2.45) is 5.41 Å². The molecule has 0 saturated heterocycles. The number of carboxylic acid groups (broad SMARTS) is 1. The number of hydrogen-bond acceptors (Lipinski definition) is 3. The molecule has 0 aliphatic carbocycles. The highest BCUT2D eigenvalue weighted by atomic mass is 16.4. The molecule has 0 aromatic heterocycles. The van der Waals surface area contributed by atoms with Gasteiger partial charge in [-0.15, -0.1) is 0 Å². The van der Waals surface area contributed by atoms with Crippen LogP contribution in [0.1, 0.15) is 56.8 Å². The Bertz CT molecular complexity index is 456. The summed E-state index contributed by atoms with van der Waals surface area (Å²) in [7, 11) is 0. The molecule has 1 aromatic carbocycles. The van der Waals surface area contributed by atoms with Crippen molar-refractivity contribution in [2.75, 3.05) is 17.6 Å². The first-order valence-electron chi connectivity index (χ1n) is 7.22. The van der Waals surface area contributed by atoms with Crippen molar-refractivity contribution >= 4 is 17.3 Å². The minimum absolute atomic E-state index is 0.152. The summed E-state index contributed by atoms with van der Waals surface area (Å²) in [4.78, 5) is 11.0. The van der Waals surface area contributed by atoms with Gasteiger partial charge in [0.15, 0.2) is 0 Å². The van der Waals surface area contributed by atoms with Crippen molar-refractivity contribution in [1.29, 1.82) is 0 Å². The molecule has 0 heterocycles. The molecule has 1 aromatic rings. The molecule has 0 aliphatic rings. The van der Waals surface area contributed by atoms with E-state index >= 15 is 0 Å². The maximum absolute atomic E-state index is 11.0. The van der Waals surface area contributed by atoms with Crippen molar-refractivity contribution < 1.29 is 9.90 Å². The molecule has 20 heavy (non-hydrogen) atoms. The van der Waals surface area contributed by atoms with Crippen LogP contribution in [0.4, 0.5) is 11.4 Å². The third kappa shape index (κ3) is 5.11. The summed E-state index contributed by atoms with van der Waals surface area (Å²) < 4.78 is 0. The summed E-state index contributed by atoms with van der Waals surface area (Å²) >= 11 is 0. The Morgan fingerprint density at radius 1 is 1.35 bits per heavy atom. The molecule has 0 saturated carbocycles. The first-order valence-corrected chi connectivity index (χ1v) is 7.22. The first kappa shape index (κ1) is 16.3. The number of benzene rings is 1. The summed E-state index contributed by atoms with van der Waals surface area (Å²) in [5.74, 6) is -0.992. The van der Waals surface area contributed by atoms with Crippen molar-refractivity contribution in [3.8, 4) is 0 Å². The largest absolute Gasteiger partial charge is 0.478 e. The van der Waals surface area contributed by atoms with Gasteiger partial charge in [-0.3, -0.25) is 0 Å². The van der Waals surface area contributed by atoms with Gasteiger partial charge in [-0.1, -0.05) is 40.0 Å². The van der Waals surface area contributed by atoms with Crippen LogP contribution in [0.3, 0.4) is 0 Å². The zero-order valence-electron chi connectivity index (χ0n) is 12.7. The highest BCUT2D eigenvalue weighted by Gasteiger charge is 2.17. The molecule has 0 radical (unpaired) electrons.